The Morgan fingerprint density at radius 1 is 0.267 bits per heavy atom. The van der Waals surface area contributed by atoms with Gasteiger partial charge in [0.2, 0.25) is 0 Å². The first-order valence-electron chi connectivity index (χ1n) is 42.5. The lowest BCUT2D eigenvalue weighted by atomic mass is 10.0. The zero-order chi connectivity index (χ0) is 74.2. The fourth-order valence-corrected chi connectivity index (χ4v) is 14.3. The summed E-state index contributed by atoms with van der Waals surface area (Å²) >= 11 is 0. The number of ether oxygens (including phenoxy) is 4. The molecule has 0 aromatic carbocycles. The van der Waals surface area contributed by atoms with E-state index >= 15 is 0 Å². The third-order valence-electron chi connectivity index (χ3n) is 19.2. The minimum atomic E-state index is -4.96. The third kappa shape index (κ3) is 76.1. The minimum absolute atomic E-state index is 0.105. The van der Waals surface area contributed by atoms with Gasteiger partial charge in [-0.2, -0.15) is 0 Å². The van der Waals surface area contributed by atoms with Crippen LogP contribution in [0.3, 0.4) is 0 Å². The fraction of sp³-hybridized carbons (Fsp3) is 0.951. The van der Waals surface area contributed by atoms with Crippen LogP contribution in [0.15, 0.2) is 0 Å². The predicted molar refractivity (Wildman–Crippen MR) is 414 cm³/mol. The second-order valence-electron chi connectivity index (χ2n) is 30.5. The van der Waals surface area contributed by atoms with Crippen molar-refractivity contribution in [3.63, 3.8) is 0 Å². The molecule has 0 aromatic rings. The van der Waals surface area contributed by atoms with Gasteiger partial charge in [-0.15, -0.1) is 0 Å². The molecule has 101 heavy (non-hydrogen) atoms. The molecule has 0 aromatic heterocycles. The Morgan fingerprint density at radius 2 is 0.455 bits per heavy atom. The first-order valence-corrected chi connectivity index (χ1v) is 45.5. The Kier molecular flexibility index (Phi) is 72.2. The lowest BCUT2D eigenvalue weighted by molar-refractivity contribution is -0.161. The van der Waals surface area contributed by atoms with Crippen LogP contribution in [0, 0.1) is 11.8 Å². The quantitative estimate of drug-likeness (QED) is 0.0222. The van der Waals surface area contributed by atoms with Crippen LogP contribution < -0.4 is 0 Å². The molecule has 17 nitrogen and oxygen atoms in total. The van der Waals surface area contributed by atoms with Gasteiger partial charge >= 0.3 is 39.5 Å². The van der Waals surface area contributed by atoms with Gasteiger partial charge in [0.15, 0.2) is 12.2 Å². The summed E-state index contributed by atoms with van der Waals surface area (Å²) in [6.45, 7) is 9.54. The van der Waals surface area contributed by atoms with Crippen LogP contribution in [0.25, 0.3) is 0 Å². The van der Waals surface area contributed by atoms with Crippen LogP contribution in [-0.2, 0) is 65.4 Å². The SMILES string of the molecule is CCCCCCCCCCCCCCCCCCCCCCCCC(=O)O[C@H](COC(=O)CCCCCCCCCCCCCCCCCCC)COP(=O)(O)OC[C@@H](O)COP(=O)(O)OC[C@@H](COC(=O)CCCCCCCCC(C)C)OC(=O)CCCCCCCCCCCCC(C)C. The van der Waals surface area contributed by atoms with Crippen molar-refractivity contribution in [1.82, 2.24) is 0 Å². The van der Waals surface area contributed by atoms with Crippen LogP contribution in [0.2, 0.25) is 0 Å². The Labute approximate surface area is 619 Å². The van der Waals surface area contributed by atoms with E-state index in [1.165, 1.54) is 244 Å². The minimum Gasteiger partial charge on any atom is -0.462 e. The molecule has 600 valence electrons. The van der Waals surface area contributed by atoms with E-state index in [2.05, 4.69) is 41.5 Å². The summed E-state index contributed by atoms with van der Waals surface area (Å²) < 4.78 is 68.7. The van der Waals surface area contributed by atoms with Gasteiger partial charge in [-0.05, 0) is 37.5 Å². The smallest absolute Gasteiger partial charge is 0.462 e. The number of hydrogen-bond donors (Lipinski definition) is 3. The van der Waals surface area contributed by atoms with E-state index < -0.39 is 97.5 Å². The highest BCUT2D eigenvalue weighted by atomic mass is 31.2. The van der Waals surface area contributed by atoms with Crippen molar-refractivity contribution in [3.8, 4) is 0 Å². The summed E-state index contributed by atoms with van der Waals surface area (Å²) in [4.78, 5) is 73.0. The van der Waals surface area contributed by atoms with Crippen molar-refractivity contribution in [2.24, 2.45) is 11.8 Å². The average Bonchev–Trinajstić information content (AvgIpc) is 0.938. The third-order valence-corrected chi connectivity index (χ3v) is 21.1. The van der Waals surface area contributed by atoms with Crippen molar-refractivity contribution in [3.05, 3.63) is 0 Å². The molecule has 0 spiro atoms. The molecule has 5 atom stereocenters. The molecule has 0 radical (unpaired) electrons. The van der Waals surface area contributed by atoms with Crippen LogP contribution in [0.5, 0.6) is 0 Å². The molecule has 0 aliphatic carbocycles. The number of rotatable bonds is 81. The van der Waals surface area contributed by atoms with Crippen LogP contribution >= 0.6 is 15.6 Å². The number of phosphoric acid groups is 2. The molecule has 0 heterocycles. The summed E-state index contributed by atoms with van der Waals surface area (Å²) in [5.41, 5.74) is 0. The van der Waals surface area contributed by atoms with Gasteiger partial charge in [0.25, 0.3) is 0 Å². The van der Waals surface area contributed by atoms with Crippen LogP contribution in [0.4, 0.5) is 0 Å². The number of hydrogen-bond acceptors (Lipinski definition) is 15. The van der Waals surface area contributed by atoms with E-state index in [0.717, 1.165) is 102 Å². The zero-order valence-corrected chi connectivity index (χ0v) is 68.0. The number of aliphatic hydroxyl groups excluding tert-OH is 1. The van der Waals surface area contributed by atoms with Gasteiger partial charge in [-0.25, -0.2) is 9.13 Å². The Hall–Kier alpha value is -1.94. The molecule has 0 amide bonds. The fourth-order valence-electron chi connectivity index (χ4n) is 12.7. The van der Waals surface area contributed by atoms with Crippen molar-refractivity contribution >= 4 is 39.5 Å². The monoisotopic (exact) mass is 1480 g/mol. The molecule has 0 saturated heterocycles. The topological polar surface area (TPSA) is 237 Å². The maximum Gasteiger partial charge on any atom is 0.472 e. The number of aliphatic hydroxyl groups is 1. The lowest BCUT2D eigenvalue weighted by Crippen LogP contribution is -2.30. The number of unbranched alkanes of at least 4 members (excludes halogenated alkanes) is 51. The predicted octanol–water partition coefficient (Wildman–Crippen LogP) is 24.7. The first kappa shape index (κ1) is 99.1. The van der Waals surface area contributed by atoms with Crippen LogP contribution in [-0.4, -0.2) is 96.7 Å². The summed E-state index contributed by atoms with van der Waals surface area (Å²) in [5.74, 6) is -0.680. The van der Waals surface area contributed by atoms with Gasteiger partial charge < -0.3 is 33.8 Å². The number of carbonyl (C=O) groups excluding carboxylic acids is 4. The van der Waals surface area contributed by atoms with E-state index in [1.807, 2.05) is 0 Å². The maximum absolute atomic E-state index is 13.1. The van der Waals surface area contributed by atoms with Crippen molar-refractivity contribution < 1.29 is 80.2 Å². The Morgan fingerprint density at radius 3 is 0.673 bits per heavy atom. The second-order valence-corrected chi connectivity index (χ2v) is 33.4. The highest BCUT2D eigenvalue weighted by Crippen LogP contribution is 2.45. The summed E-state index contributed by atoms with van der Waals surface area (Å²) in [7, 11) is -9.92. The van der Waals surface area contributed by atoms with Gasteiger partial charge in [0, 0.05) is 25.7 Å². The molecular weight excluding hydrogens is 1320 g/mol. The molecular formula is C82H160O17P2. The average molecular weight is 1480 g/mol. The first-order chi connectivity index (χ1) is 48.9. The number of phosphoric ester groups is 2. The van der Waals surface area contributed by atoms with E-state index in [-0.39, 0.29) is 25.7 Å². The van der Waals surface area contributed by atoms with E-state index in [1.54, 1.807) is 0 Å². The molecule has 3 N–H and O–H groups in total. The van der Waals surface area contributed by atoms with Crippen LogP contribution in [0.1, 0.15) is 433 Å². The van der Waals surface area contributed by atoms with E-state index in [0.29, 0.717) is 31.6 Å². The zero-order valence-electron chi connectivity index (χ0n) is 66.2. The Balaban J connectivity index is 5.20. The number of carbonyl (C=O) groups is 4. The molecule has 0 rings (SSSR count). The van der Waals surface area contributed by atoms with Gasteiger partial charge in [0.1, 0.15) is 19.3 Å². The summed E-state index contributed by atoms with van der Waals surface area (Å²) in [6, 6.07) is 0. The van der Waals surface area contributed by atoms with Crippen molar-refractivity contribution in [1.29, 1.82) is 0 Å². The molecule has 0 aliphatic rings. The van der Waals surface area contributed by atoms with Gasteiger partial charge in [0.05, 0.1) is 26.4 Å². The molecule has 0 fully saturated rings. The molecule has 0 bridgehead atoms. The summed E-state index contributed by atoms with van der Waals surface area (Å²) in [6.07, 6.45) is 64.2. The normalized spacial score (nSPS) is 13.9. The Bertz CT molecular complexity index is 1940. The molecule has 19 heteroatoms. The van der Waals surface area contributed by atoms with Gasteiger partial charge in [-0.3, -0.25) is 37.3 Å². The van der Waals surface area contributed by atoms with E-state index in [4.69, 9.17) is 37.0 Å². The van der Waals surface area contributed by atoms with Gasteiger partial charge in [-0.1, -0.05) is 382 Å². The second kappa shape index (κ2) is 73.6. The summed E-state index contributed by atoms with van der Waals surface area (Å²) in [5, 5.41) is 10.6. The molecule has 2 unspecified atom stereocenters. The molecule has 0 aliphatic heterocycles. The lowest BCUT2D eigenvalue weighted by Gasteiger charge is -2.21. The maximum atomic E-state index is 13.1. The standard InChI is InChI=1S/C82H160O17P2/c1-7-9-11-13-15-17-19-21-23-25-26-27-28-29-31-33-35-37-42-46-54-60-66-81(86)98-77(70-92-79(84)64-58-52-45-41-36-34-32-30-24-22-20-18-16-14-12-10-8-2)72-96-100(88,89)94-68-76(83)69-95-101(90,91)97-73-78(71-93-80(85)65-59-53-49-48-51-57-63-75(5)6)99-82(87)67-61-55-47-43-39-38-40-44-50-56-62-74(3)4/h74-78,83H,7-73H2,1-6H3,(H,88,89)(H,90,91)/t76-,77-,78-/m1/s1. The number of esters is 4. The van der Waals surface area contributed by atoms with E-state index in [9.17, 15) is 43.2 Å². The molecule has 0 saturated carbocycles. The highest BCUT2D eigenvalue weighted by Gasteiger charge is 2.30. The largest absolute Gasteiger partial charge is 0.472 e. The van der Waals surface area contributed by atoms with Crippen molar-refractivity contribution in [2.45, 2.75) is 452 Å². The van der Waals surface area contributed by atoms with Crippen molar-refractivity contribution in [2.75, 3.05) is 39.6 Å². The highest BCUT2D eigenvalue weighted by molar-refractivity contribution is 7.47.